The van der Waals surface area contributed by atoms with Crippen molar-refractivity contribution in [1.29, 1.82) is 0 Å². The third-order valence-electron chi connectivity index (χ3n) is 4.51. The molecule has 0 aliphatic carbocycles. The molecule has 1 aromatic heterocycles. The molecule has 1 heterocycles. The quantitative estimate of drug-likeness (QED) is 0.416. The fraction of sp³-hybridized carbons (Fsp3) is 0.389. The molecule has 0 saturated carbocycles. The van der Waals surface area contributed by atoms with Crippen LogP contribution in [0.4, 0.5) is 18.9 Å². The van der Waals surface area contributed by atoms with Crippen LogP contribution in [0.5, 0.6) is 0 Å². The predicted molar refractivity (Wildman–Crippen MR) is 101 cm³/mol. The van der Waals surface area contributed by atoms with Gasteiger partial charge in [-0.15, -0.1) is 0 Å². The first-order valence-electron chi connectivity index (χ1n) is 8.96. The second-order valence-electron chi connectivity index (χ2n) is 6.76. The van der Waals surface area contributed by atoms with Gasteiger partial charge in [-0.1, -0.05) is 6.07 Å². The zero-order valence-corrected chi connectivity index (χ0v) is 16.5. The third kappa shape index (κ3) is 5.36. The summed E-state index contributed by atoms with van der Waals surface area (Å²) >= 11 is 0. The molecule has 2 atom stereocenters. The third-order valence-corrected chi connectivity index (χ3v) is 4.51. The van der Waals surface area contributed by atoms with Gasteiger partial charge in [-0.25, -0.2) is 4.98 Å². The Bertz CT molecular complexity index is 977. The van der Waals surface area contributed by atoms with Crippen molar-refractivity contribution >= 4 is 17.5 Å². The predicted octanol–water partition coefficient (Wildman–Crippen LogP) is 1.40. The van der Waals surface area contributed by atoms with Gasteiger partial charge in [0.25, 0.3) is 11.6 Å². The summed E-state index contributed by atoms with van der Waals surface area (Å²) in [5.41, 5.74) is -3.66. The number of hydrogen-bond donors (Lipinski definition) is 3. The largest absolute Gasteiger partial charge is 0.424 e. The van der Waals surface area contributed by atoms with Crippen molar-refractivity contribution in [3.8, 4) is 0 Å². The minimum absolute atomic E-state index is 0.0601. The molecule has 2 amide bonds. The molecular formula is C18H20F3N5O5. The Balaban J connectivity index is 1.98. The summed E-state index contributed by atoms with van der Waals surface area (Å²) < 4.78 is 41.4. The molecule has 0 bridgehead atoms. The molecule has 0 saturated heterocycles. The van der Waals surface area contributed by atoms with Gasteiger partial charge in [0.05, 0.1) is 4.92 Å². The lowest BCUT2D eigenvalue weighted by molar-refractivity contribution is -0.384. The van der Waals surface area contributed by atoms with E-state index in [4.69, 9.17) is 0 Å². The number of nitrogens with one attached hydrogen (secondary N) is 2. The Hall–Kier alpha value is -3.48. The summed E-state index contributed by atoms with van der Waals surface area (Å²) in [7, 11) is 1.29. The molecule has 10 nitrogen and oxygen atoms in total. The van der Waals surface area contributed by atoms with E-state index in [2.05, 4.69) is 15.6 Å². The molecule has 2 aromatic rings. The van der Waals surface area contributed by atoms with Crippen LogP contribution in [0.2, 0.25) is 0 Å². The van der Waals surface area contributed by atoms with E-state index in [1.54, 1.807) is 0 Å². The van der Waals surface area contributed by atoms with Crippen molar-refractivity contribution in [1.82, 2.24) is 20.2 Å². The molecule has 0 aliphatic rings. The van der Waals surface area contributed by atoms with Gasteiger partial charge in [0.15, 0.2) is 0 Å². The smallest absolute Gasteiger partial charge is 0.374 e. The number of nitrogens with zero attached hydrogens (tertiary/aromatic N) is 3. The number of rotatable bonds is 8. The van der Waals surface area contributed by atoms with Gasteiger partial charge in [-0.05, 0) is 13.0 Å². The zero-order valence-electron chi connectivity index (χ0n) is 16.5. The molecule has 2 rings (SSSR count). The number of hydrogen-bond acceptors (Lipinski definition) is 6. The minimum Gasteiger partial charge on any atom is -0.374 e. The van der Waals surface area contributed by atoms with Gasteiger partial charge in [0.1, 0.15) is 11.9 Å². The fourth-order valence-corrected chi connectivity index (χ4v) is 2.77. The number of benzene rings is 1. The Morgan fingerprint density at radius 1 is 1.35 bits per heavy atom. The highest BCUT2D eigenvalue weighted by Gasteiger charge is 2.57. The van der Waals surface area contributed by atoms with Gasteiger partial charge in [0, 0.05) is 50.1 Å². The van der Waals surface area contributed by atoms with E-state index in [-0.39, 0.29) is 11.3 Å². The molecule has 0 spiro atoms. The number of carbonyl (C=O) groups is 2. The van der Waals surface area contributed by atoms with Crippen LogP contribution < -0.4 is 10.6 Å². The molecule has 0 fully saturated rings. The zero-order chi connectivity index (χ0) is 23.4. The lowest BCUT2D eigenvalue weighted by atomic mass is 9.97. The minimum atomic E-state index is -5.04. The highest BCUT2D eigenvalue weighted by atomic mass is 19.4. The average molecular weight is 443 g/mol. The molecule has 1 aromatic carbocycles. The van der Waals surface area contributed by atoms with Crippen molar-refractivity contribution in [3.05, 3.63) is 58.2 Å². The van der Waals surface area contributed by atoms with Gasteiger partial charge in [-0.2, -0.15) is 13.2 Å². The molecule has 3 N–H and O–H groups in total. The second-order valence-corrected chi connectivity index (χ2v) is 6.76. The first-order valence-corrected chi connectivity index (χ1v) is 8.96. The first-order chi connectivity index (χ1) is 14.4. The van der Waals surface area contributed by atoms with E-state index in [1.807, 2.05) is 0 Å². The summed E-state index contributed by atoms with van der Waals surface area (Å²) in [6.45, 7) is 0.734. The van der Waals surface area contributed by atoms with Crippen LogP contribution >= 0.6 is 0 Å². The maximum absolute atomic E-state index is 13.5. The standard InChI is InChI=1S/C18H20F3N5O5/c1-11(24-15(28)12-4-3-5-13(10-12)26(30)31)14(27)22-7-6-17(29,18(19,20)21)16-23-8-9-25(16)2/h3-5,8-11,29H,6-7H2,1-2H3,(H,22,27)(H,24,28). The van der Waals surface area contributed by atoms with Gasteiger partial charge >= 0.3 is 6.18 Å². The number of nitro benzene ring substituents is 1. The Labute approximate surface area is 174 Å². The first kappa shape index (κ1) is 23.8. The van der Waals surface area contributed by atoms with Crippen molar-refractivity contribution in [2.75, 3.05) is 6.54 Å². The summed E-state index contributed by atoms with van der Waals surface area (Å²) in [4.78, 5) is 38.0. The molecule has 0 aliphatic heterocycles. The van der Waals surface area contributed by atoms with E-state index >= 15 is 0 Å². The highest BCUT2D eigenvalue weighted by Crippen LogP contribution is 2.40. The monoisotopic (exact) mass is 443 g/mol. The van der Waals surface area contributed by atoms with Crippen molar-refractivity contribution in [3.63, 3.8) is 0 Å². The number of aromatic nitrogens is 2. The number of halogens is 3. The van der Waals surface area contributed by atoms with Crippen molar-refractivity contribution < 1.29 is 32.8 Å². The Morgan fingerprint density at radius 2 is 2.03 bits per heavy atom. The summed E-state index contributed by atoms with van der Waals surface area (Å²) in [5, 5.41) is 25.5. The van der Waals surface area contributed by atoms with E-state index in [1.165, 1.54) is 38.4 Å². The maximum Gasteiger partial charge on any atom is 0.424 e. The van der Waals surface area contributed by atoms with Gasteiger partial charge < -0.3 is 20.3 Å². The van der Waals surface area contributed by atoms with Crippen molar-refractivity contribution in [2.45, 2.75) is 31.2 Å². The average Bonchev–Trinajstić information content (AvgIpc) is 3.13. The van der Waals surface area contributed by atoms with Gasteiger partial charge in [-0.3, -0.25) is 19.7 Å². The highest BCUT2D eigenvalue weighted by molar-refractivity contribution is 5.97. The normalized spacial score (nSPS) is 14.4. The fourth-order valence-electron chi connectivity index (χ4n) is 2.77. The number of non-ortho nitro benzene ring substituents is 1. The summed E-state index contributed by atoms with van der Waals surface area (Å²) in [6, 6.07) is 3.67. The number of aryl methyl sites for hydroxylation is 1. The van der Waals surface area contributed by atoms with E-state index in [9.17, 15) is 38.0 Å². The van der Waals surface area contributed by atoms with Crippen LogP contribution in [0.3, 0.4) is 0 Å². The Morgan fingerprint density at radius 3 is 2.58 bits per heavy atom. The number of amides is 2. The number of aliphatic hydroxyl groups is 1. The van der Waals surface area contributed by atoms with Crippen LogP contribution in [0.1, 0.15) is 29.5 Å². The summed E-state index contributed by atoms with van der Waals surface area (Å²) in [6.07, 6.45) is -3.59. The molecule has 2 unspecified atom stereocenters. The maximum atomic E-state index is 13.5. The number of alkyl halides is 3. The van der Waals surface area contributed by atoms with E-state index in [0.717, 1.165) is 16.8 Å². The second kappa shape index (κ2) is 9.12. The molecule has 31 heavy (non-hydrogen) atoms. The topological polar surface area (TPSA) is 139 Å². The van der Waals surface area contributed by atoms with E-state index in [0.29, 0.717) is 0 Å². The van der Waals surface area contributed by atoms with Crippen LogP contribution in [0.25, 0.3) is 0 Å². The van der Waals surface area contributed by atoms with Crippen LogP contribution in [0, 0.1) is 10.1 Å². The van der Waals surface area contributed by atoms with Crippen LogP contribution in [0.15, 0.2) is 36.7 Å². The molecular weight excluding hydrogens is 423 g/mol. The van der Waals surface area contributed by atoms with Crippen LogP contribution in [-0.4, -0.2) is 50.2 Å². The lowest BCUT2D eigenvalue weighted by Crippen LogP contribution is -2.49. The lowest BCUT2D eigenvalue weighted by Gasteiger charge is -2.30. The van der Waals surface area contributed by atoms with Crippen molar-refractivity contribution in [2.24, 2.45) is 7.05 Å². The number of carbonyl (C=O) groups excluding carboxylic acids is 2. The molecule has 13 heteroatoms. The SMILES string of the molecule is CC(NC(=O)c1cccc([N+](=O)[O-])c1)C(=O)NCCC(O)(c1nccn1C)C(F)(F)F. The van der Waals surface area contributed by atoms with E-state index < -0.39 is 53.3 Å². The number of imidazole rings is 1. The van der Waals surface area contributed by atoms with Gasteiger partial charge in [0.2, 0.25) is 11.5 Å². The van der Waals surface area contributed by atoms with Crippen LogP contribution in [-0.2, 0) is 17.4 Å². The number of nitro groups is 1. The summed E-state index contributed by atoms with van der Waals surface area (Å²) in [5.74, 6) is -2.20. The molecule has 168 valence electrons. The Kier molecular flexibility index (Phi) is 7.00. The molecule has 0 radical (unpaired) electrons.